The van der Waals surface area contributed by atoms with Gasteiger partial charge in [-0.3, -0.25) is 0 Å². The lowest BCUT2D eigenvalue weighted by atomic mass is 10.2. The molecule has 1 aliphatic rings. The van der Waals surface area contributed by atoms with E-state index < -0.39 is 0 Å². The largest absolute Gasteiger partial charge is 0.494 e. The Morgan fingerprint density at radius 2 is 1.83 bits per heavy atom. The number of ether oxygens (including phenoxy) is 1. The molecule has 1 heterocycles. The molecule has 0 aliphatic carbocycles. The first kappa shape index (κ1) is 13.4. The molecule has 2 N–H and O–H groups in total. The summed E-state index contributed by atoms with van der Waals surface area (Å²) in [6, 6.07) is 8.60. The van der Waals surface area contributed by atoms with Crippen LogP contribution in [0.5, 0.6) is 5.75 Å². The van der Waals surface area contributed by atoms with Gasteiger partial charge in [-0.25, -0.2) is 0 Å². The number of hydrogen-bond acceptors (Lipinski definition) is 1. The summed E-state index contributed by atoms with van der Waals surface area (Å²) in [6.45, 7) is 9.14. The number of nitrogens with one attached hydrogen (secondary N) is 2. The molecular formula is C15H26N2O+2. The molecule has 2 atom stereocenters. The average Bonchev–Trinajstić information content (AvgIpc) is 2.57. The second kappa shape index (κ2) is 6.76. The quantitative estimate of drug-likeness (QED) is 0.729. The third-order valence-electron chi connectivity index (χ3n) is 3.73. The summed E-state index contributed by atoms with van der Waals surface area (Å²) >= 11 is 0. The van der Waals surface area contributed by atoms with Crippen LogP contribution in [-0.2, 0) is 6.54 Å². The van der Waals surface area contributed by atoms with E-state index in [1.54, 1.807) is 9.80 Å². The van der Waals surface area contributed by atoms with Crippen LogP contribution in [0.2, 0.25) is 0 Å². The van der Waals surface area contributed by atoms with Crippen LogP contribution >= 0.6 is 0 Å². The zero-order valence-electron chi connectivity index (χ0n) is 11.7. The van der Waals surface area contributed by atoms with Crippen LogP contribution in [0.25, 0.3) is 0 Å². The van der Waals surface area contributed by atoms with E-state index in [2.05, 4.69) is 31.3 Å². The fourth-order valence-corrected chi connectivity index (χ4v) is 2.62. The van der Waals surface area contributed by atoms with Gasteiger partial charge in [0.15, 0.2) is 0 Å². The van der Waals surface area contributed by atoms with Gasteiger partial charge in [-0.1, -0.05) is 0 Å². The number of quaternary nitrogens is 2. The molecule has 1 aliphatic heterocycles. The number of benzene rings is 1. The lowest BCUT2D eigenvalue weighted by molar-refractivity contribution is -0.938. The maximum Gasteiger partial charge on any atom is 0.127 e. The number of hydrogen-bond donors (Lipinski definition) is 2. The zero-order chi connectivity index (χ0) is 12.8. The topological polar surface area (TPSA) is 18.1 Å². The standard InChI is InChI=1S/C15H24N2O/c1-3-18-15-7-5-14(6-8-15)13-17-10-4-9-16(2)11-12-17/h5-8H,3-4,9-13H2,1-2H3/p+2. The van der Waals surface area contributed by atoms with Crippen molar-refractivity contribution in [2.24, 2.45) is 0 Å². The SMILES string of the molecule is CCOc1ccc(C[NH+]2CCC[NH+](C)CC2)cc1. The summed E-state index contributed by atoms with van der Waals surface area (Å²) in [6.07, 6.45) is 1.35. The lowest BCUT2D eigenvalue weighted by Crippen LogP contribution is -3.15. The minimum Gasteiger partial charge on any atom is -0.494 e. The molecule has 0 aromatic heterocycles. The maximum atomic E-state index is 5.47. The van der Waals surface area contributed by atoms with Crippen molar-refractivity contribution in [3.63, 3.8) is 0 Å². The molecule has 3 nitrogen and oxygen atoms in total. The zero-order valence-corrected chi connectivity index (χ0v) is 11.7. The molecule has 0 radical (unpaired) electrons. The Labute approximate surface area is 110 Å². The average molecular weight is 250 g/mol. The molecule has 1 aromatic rings. The summed E-state index contributed by atoms with van der Waals surface area (Å²) in [5.41, 5.74) is 1.42. The molecule has 18 heavy (non-hydrogen) atoms. The Kier molecular flexibility index (Phi) is 5.02. The van der Waals surface area contributed by atoms with E-state index in [-0.39, 0.29) is 0 Å². The van der Waals surface area contributed by atoms with Gasteiger partial charge >= 0.3 is 0 Å². The molecule has 100 valence electrons. The number of rotatable bonds is 4. The van der Waals surface area contributed by atoms with E-state index in [1.165, 1.54) is 38.2 Å². The van der Waals surface area contributed by atoms with Crippen molar-refractivity contribution in [3.05, 3.63) is 29.8 Å². The van der Waals surface area contributed by atoms with Gasteiger partial charge in [0.25, 0.3) is 0 Å². The van der Waals surface area contributed by atoms with Crippen LogP contribution in [0.15, 0.2) is 24.3 Å². The van der Waals surface area contributed by atoms with E-state index in [9.17, 15) is 0 Å². The summed E-state index contributed by atoms with van der Waals surface area (Å²) in [5, 5.41) is 0. The Balaban J connectivity index is 1.88. The van der Waals surface area contributed by atoms with Gasteiger partial charge in [0.2, 0.25) is 0 Å². The van der Waals surface area contributed by atoms with Crippen molar-refractivity contribution in [1.82, 2.24) is 0 Å². The van der Waals surface area contributed by atoms with Crippen LogP contribution in [0, 0.1) is 0 Å². The van der Waals surface area contributed by atoms with Crippen molar-refractivity contribution in [1.29, 1.82) is 0 Å². The van der Waals surface area contributed by atoms with Crippen LogP contribution < -0.4 is 14.5 Å². The molecule has 1 aromatic carbocycles. The highest BCUT2D eigenvalue weighted by Crippen LogP contribution is 2.11. The smallest absolute Gasteiger partial charge is 0.127 e. The van der Waals surface area contributed by atoms with E-state index in [1.807, 2.05) is 6.92 Å². The lowest BCUT2D eigenvalue weighted by Gasteiger charge is -2.16. The van der Waals surface area contributed by atoms with Gasteiger partial charge in [0, 0.05) is 12.0 Å². The van der Waals surface area contributed by atoms with Crippen LogP contribution in [0.3, 0.4) is 0 Å². The Hall–Kier alpha value is -1.06. The molecule has 1 saturated heterocycles. The Morgan fingerprint density at radius 3 is 2.56 bits per heavy atom. The van der Waals surface area contributed by atoms with Gasteiger partial charge in [0.1, 0.15) is 25.4 Å². The van der Waals surface area contributed by atoms with Gasteiger partial charge in [0.05, 0.1) is 26.7 Å². The molecular weight excluding hydrogens is 224 g/mol. The minimum absolute atomic E-state index is 0.742. The molecule has 3 heteroatoms. The van der Waals surface area contributed by atoms with Crippen molar-refractivity contribution in [3.8, 4) is 5.75 Å². The fourth-order valence-electron chi connectivity index (χ4n) is 2.62. The monoisotopic (exact) mass is 250 g/mol. The third-order valence-corrected chi connectivity index (χ3v) is 3.73. The van der Waals surface area contributed by atoms with Crippen LogP contribution in [-0.4, -0.2) is 39.8 Å². The van der Waals surface area contributed by atoms with E-state index >= 15 is 0 Å². The third kappa shape index (κ3) is 4.00. The van der Waals surface area contributed by atoms with Crippen LogP contribution in [0.1, 0.15) is 18.9 Å². The van der Waals surface area contributed by atoms with Crippen molar-refractivity contribution in [2.45, 2.75) is 19.9 Å². The van der Waals surface area contributed by atoms with Gasteiger partial charge in [-0.05, 0) is 31.2 Å². The predicted molar refractivity (Wildman–Crippen MR) is 73.2 cm³/mol. The molecule has 1 fully saturated rings. The Morgan fingerprint density at radius 1 is 1.06 bits per heavy atom. The second-order valence-electron chi connectivity index (χ2n) is 5.31. The first-order valence-corrected chi connectivity index (χ1v) is 7.14. The molecule has 2 rings (SSSR count). The highest BCUT2D eigenvalue weighted by molar-refractivity contribution is 5.26. The highest BCUT2D eigenvalue weighted by atomic mass is 16.5. The molecule has 2 unspecified atom stereocenters. The second-order valence-corrected chi connectivity index (χ2v) is 5.31. The van der Waals surface area contributed by atoms with Gasteiger partial charge < -0.3 is 14.5 Å². The minimum atomic E-state index is 0.742. The summed E-state index contributed by atoms with van der Waals surface area (Å²) < 4.78 is 5.47. The van der Waals surface area contributed by atoms with Gasteiger partial charge in [-0.2, -0.15) is 0 Å². The van der Waals surface area contributed by atoms with Crippen molar-refractivity contribution < 1.29 is 14.5 Å². The number of likely N-dealkylation sites (N-methyl/N-ethyl adjacent to an activating group) is 1. The van der Waals surface area contributed by atoms with Crippen LogP contribution in [0.4, 0.5) is 0 Å². The van der Waals surface area contributed by atoms with E-state index in [4.69, 9.17) is 4.74 Å². The molecule has 0 saturated carbocycles. The molecule has 0 amide bonds. The Bertz CT molecular complexity index is 350. The van der Waals surface area contributed by atoms with E-state index in [0.717, 1.165) is 18.9 Å². The summed E-state index contributed by atoms with van der Waals surface area (Å²) in [5.74, 6) is 0.983. The fraction of sp³-hybridized carbons (Fsp3) is 0.600. The van der Waals surface area contributed by atoms with E-state index in [0.29, 0.717) is 0 Å². The summed E-state index contributed by atoms with van der Waals surface area (Å²) in [4.78, 5) is 3.40. The van der Waals surface area contributed by atoms with Gasteiger partial charge in [-0.15, -0.1) is 0 Å². The normalized spacial score (nSPS) is 24.6. The van der Waals surface area contributed by atoms with Crippen molar-refractivity contribution in [2.75, 3.05) is 39.8 Å². The summed E-state index contributed by atoms with van der Waals surface area (Å²) in [7, 11) is 2.31. The highest BCUT2D eigenvalue weighted by Gasteiger charge is 2.17. The maximum absolute atomic E-state index is 5.47. The molecule has 0 bridgehead atoms. The first-order chi connectivity index (χ1) is 8.78. The van der Waals surface area contributed by atoms with Crippen molar-refractivity contribution >= 4 is 0 Å². The first-order valence-electron chi connectivity index (χ1n) is 7.14. The predicted octanol–water partition coefficient (Wildman–Crippen LogP) is -0.611. The molecule has 0 spiro atoms.